The van der Waals surface area contributed by atoms with E-state index in [1.54, 1.807) is 56.5 Å². The molecule has 2 aromatic carbocycles. The summed E-state index contributed by atoms with van der Waals surface area (Å²) in [6.07, 6.45) is 1.63. The second-order valence-electron chi connectivity index (χ2n) is 6.05. The van der Waals surface area contributed by atoms with Crippen LogP contribution < -0.4 is 9.64 Å². The summed E-state index contributed by atoms with van der Waals surface area (Å²) in [4.78, 5) is 27.0. The topological polar surface area (TPSA) is 55.8 Å². The minimum atomic E-state index is -0.601. The van der Waals surface area contributed by atoms with Crippen LogP contribution in [-0.2, 0) is 14.3 Å². The first kappa shape index (κ1) is 20.0. The van der Waals surface area contributed by atoms with E-state index < -0.39 is 5.97 Å². The number of hydrogen-bond donors (Lipinski definition) is 0. The van der Waals surface area contributed by atoms with Crippen molar-refractivity contribution in [3.05, 3.63) is 74.9 Å². The summed E-state index contributed by atoms with van der Waals surface area (Å²) >= 11 is 12.2. The van der Waals surface area contributed by atoms with Gasteiger partial charge in [-0.25, -0.2) is 4.79 Å². The maximum Gasteiger partial charge on any atom is 0.340 e. The monoisotopic (exact) mass is 417 g/mol. The predicted octanol–water partition coefficient (Wildman–Crippen LogP) is 4.88. The summed E-state index contributed by atoms with van der Waals surface area (Å²) in [5.74, 6) is -0.340. The average molecular weight is 418 g/mol. The quantitative estimate of drug-likeness (QED) is 0.525. The van der Waals surface area contributed by atoms with E-state index in [0.29, 0.717) is 32.7 Å². The minimum Gasteiger partial charge on any atom is -0.497 e. The average Bonchev–Trinajstić information content (AvgIpc) is 2.90. The van der Waals surface area contributed by atoms with Crippen LogP contribution in [0.2, 0.25) is 10.0 Å². The third-order valence-corrected chi connectivity index (χ3v) is 4.74. The van der Waals surface area contributed by atoms with Gasteiger partial charge in [-0.05, 0) is 48.9 Å². The van der Waals surface area contributed by atoms with E-state index in [2.05, 4.69) is 0 Å². The van der Waals surface area contributed by atoms with E-state index in [4.69, 9.17) is 32.7 Å². The number of methoxy groups -OCH3 is 2. The molecule has 0 bridgehead atoms. The Morgan fingerprint density at radius 2 is 1.75 bits per heavy atom. The van der Waals surface area contributed by atoms with Crippen LogP contribution >= 0.6 is 23.2 Å². The third kappa shape index (κ3) is 3.77. The first-order valence-electron chi connectivity index (χ1n) is 8.31. The van der Waals surface area contributed by atoms with Crippen molar-refractivity contribution in [3.63, 3.8) is 0 Å². The fraction of sp³-hybridized carbons (Fsp3) is 0.143. The maximum atomic E-state index is 13.2. The molecule has 5 nitrogen and oxygen atoms in total. The van der Waals surface area contributed by atoms with Crippen LogP contribution in [0.25, 0.3) is 6.08 Å². The van der Waals surface area contributed by atoms with Gasteiger partial charge >= 0.3 is 5.97 Å². The molecule has 7 heteroatoms. The Morgan fingerprint density at radius 1 is 1.07 bits per heavy atom. The number of amides is 1. The molecule has 0 atom stereocenters. The SMILES string of the molecule is COC(=O)C1=C(C)N(c2cc(Cl)cc(Cl)c2)C(=O)/C1=C\c1cccc(OC)c1. The summed E-state index contributed by atoms with van der Waals surface area (Å²) in [7, 11) is 2.83. The van der Waals surface area contributed by atoms with Crippen LogP contribution in [0.15, 0.2) is 59.3 Å². The minimum absolute atomic E-state index is 0.186. The van der Waals surface area contributed by atoms with Crippen LogP contribution in [0, 0.1) is 0 Å². The molecule has 1 heterocycles. The number of carbonyl (C=O) groups is 2. The van der Waals surface area contributed by atoms with E-state index >= 15 is 0 Å². The molecule has 1 aliphatic heterocycles. The van der Waals surface area contributed by atoms with Crippen LogP contribution in [0.1, 0.15) is 12.5 Å². The van der Waals surface area contributed by atoms with E-state index in [9.17, 15) is 9.59 Å². The van der Waals surface area contributed by atoms with Gasteiger partial charge in [0, 0.05) is 15.7 Å². The van der Waals surface area contributed by atoms with Crippen molar-refractivity contribution in [3.8, 4) is 5.75 Å². The summed E-state index contributed by atoms with van der Waals surface area (Å²) < 4.78 is 10.1. The molecule has 0 unspecified atom stereocenters. The standard InChI is InChI=1S/C21H17Cl2NO4/c1-12-19(21(26)28-3)18(8-13-5-4-6-17(7-13)27-2)20(25)24(12)16-10-14(22)9-15(23)11-16/h4-11H,1-3H3/b18-8-. The van der Waals surface area contributed by atoms with Crippen molar-refractivity contribution < 1.29 is 19.1 Å². The number of esters is 1. The molecule has 144 valence electrons. The second kappa shape index (κ2) is 8.09. The molecule has 1 amide bonds. The highest BCUT2D eigenvalue weighted by atomic mass is 35.5. The van der Waals surface area contributed by atoms with Crippen molar-refractivity contribution in [2.75, 3.05) is 19.1 Å². The smallest absolute Gasteiger partial charge is 0.340 e. The number of rotatable bonds is 4. The molecule has 0 fully saturated rings. The van der Waals surface area contributed by atoms with Gasteiger partial charge in [0.05, 0.1) is 31.1 Å². The lowest BCUT2D eigenvalue weighted by atomic mass is 10.0. The fourth-order valence-electron chi connectivity index (χ4n) is 3.06. The number of anilines is 1. The zero-order valence-corrected chi connectivity index (χ0v) is 17.0. The Labute approximate surface area is 172 Å². The third-order valence-electron chi connectivity index (χ3n) is 4.30. The van der Waals surface area contributed by atoms with Crippen molar-refractivity contribution in [1.82, 2.24) is 0 Å². The van der Waals surface area contributed by atoms with Crippen LogP contribution in [0.3, 0.4) is 0 Å². The van der Waals surface area contributed by atoms with Gasteiger partial charge in [-0.3, -0.25) is 9.69 Å². The maximum absolute atomic E-state index is 13.2. The molecule has 1 aliphatic rings. The molecular weight excluding hydrogens is 401 g/mol. The van der Waals surface area contributed by atoms with Gasteiger partial charge in [0.2, 0.25) is 0 Å². The Hall–Kier alpha value is -2.76. The van der Waals surface area contributed by atoms with Crippen molar-refractivity contribution in [1.29, 1.82) is 0 Å². The number of allylic oxidation sites excluding steroid dienone is 1. The summed E-state index contributed by atoms with van der Waals surface area (Å²) in [6.45, 7) is 1.67. The first-order chi connectivity index (χ1) is 13.3. The van der Waals surface area contributed by atoms with Gasteiger partial charge in [-0.2, -0.15) is 0 Å². The van der Waals surface area contributed by atoms with Gasteiger partial charge < -0.3 is 9.47 Å². The molecule has 0 aliphatic carbocycles. The van der Waals surface area contributed by atoms with E-state index in [-0.39, 0.29) is 17.1 Å². The zero-order chi connectivity index (χ0) is 20.4. The van der Waals surface area contributed by atoms with Crippen LogP contribution in [0.4, 0.5) is 5.69 Å². The second-order valence-corrected chi connectivity index (χ2v) is 6.93. The molecule has 28 heavy (non-hydrogen) atoms. The van der Waals surface area contributed by atoms with Crippen molar-refractivity contribution in [2.45, 2.75) is 6.92 Å². The van der Waals surface area contributed by atoms with Crippen LogP contribution in [0.5, 0.6) is 5.75 Å². The molecule has 0 saturated heterocycles. The van der Waals surface area contributed by atoms with Gasteiger partial charge in [0.1, 0.15) is 5.75 Å². The highest BCUT2D eigenvalue weighted by Gasteiger charge is 2.38. The molecule has 0 saturated carbocycles. The van der Waals surface area contributed by atoms with Gasteiger partial charge in [-0.1, -0.05) is 35.3 Å². The largest absolute Gasteiger partial charge is 0.497 e. The molecular formula is C21H17Cl2NO4. The zero-order valence-electron chi connectivity index (χ0n) is 15.5. The van der Waals surface area contributed by atoms with Crippen molar-refractivity contribution in [2.24, 2.45) is 0 Å². The molecule has 2 aromatic rings. The van der Waals surface area contributed by atoms with Gasteiger partial charge in [0.25, 0.3) is 5.91 Å². The van der Waals surface area contributed by atoms with E-state index in [0.717, 1.165) is 0 Å². The molecule has 3 rings (SSSR count). The molecule has 0 radical (unpaired) electrons. The van der Waals surface area contributed by atoms with Gasteiger partial charge in [-0.15, -0.1) is 0 Å². The van der Waals surface area contributed by atoms with Crippen LogP contribution in [-0.4, -0.2) is 26.1 Å². The highest BCUT2D eigenvalue weighted by molar-refractivity contribution is 6.35. The molecule has 0 spiro atoms. The number of nitrogens with zero attached hydrogens (tertiary/aromatic N) is 1. The number of ether oxygens (including phenoxy) is 2. The van der Waals surface area contributed by atoms with E-state index in [1.807, 2.05) is 6.07 Å². The lowest BCUT2D eigenvalue weighted by Gasteiger charge is -2.18. The number of hydrogen-bond acceptors (Lipinski definition) is 4. The Morgan fingerprint density at radius 3 is 2.36 bits per heavy atom. The number of carbonyl (C=O) groups excluding carboxylic acids is 2. The summed E-state index contributed by atoms with van der Waals surface area (Å²) in [6, 6.07) is 12.0. The predicted molar refractivity (Wildman–Crippen MR) is 110 cm³/mol. The Balaban J connectivity index is 2.16. The lowest BCUT2D eigenvalue weighted by molar-refractivity contribution is -0.136. The lowest BCUT2D eigenvalue weighted by Crippen LogP contribution is -2.24. The van der Waals surface area contributed by atoms with E-state index in [1.165, 1.54) is 12.0 Å². The Bertz CT molecular complexity index is 1010. The van der Waals surface area contributed by atoms with Crippen molar-refractivity contribution >= 4 is 46.8 Å². The first-order valence-corrected chi connectivity index (χ1v) is 9.07. The fourth-order valence-corrected chi connectivity index (χ4v) is 3.57. The summed E-state index contributed by atoms with van der Waals surface area (Å²) in [5, 5.41) is 0.765. The summed E-state index contributed by atoms with van der Waals surface area (Å²) in [5.41, 5.74) is 2.02. The Kier molecular flexibility index (Phi) is 5.77. The normalized spacial score (nSPS) is 15.4. The molecule has 0 N–H and O–H groups in total. The number of benzene rings is 2. The van der Waals surface area contributed by atoms with Gasteiger partial charge in [0.15, 0.2) is 0 Å². The molecule has 0 aromatic heterocycles. The highest BCUT2D eigenvalue weighted by Crippen LogP contribution is 2.37. The number of halogens is 2.